The van der Waals surface area contributed by atoms with E-state index in [1.807, 2.05) is 24.3 Å². The van der Waals surface area contributed by atoms with Crippen LogP contribution in [0.2, 0.25) is 0 Å². The lowest BCUT2D eigenvalue weighted by atomic mass is 10.1. The Kier molecular flexibility index (Phi) is 6.92. The molecule has 0 aromatic heterocycles. The second-order valence-electron chi connectivity index (χ2n) is 5.45. The highest BCUT2D eigenvalue weighted by Gasteiger charge is 2.15. The van der Waals surface area contributed by atoms with Crippen molar-refractivity contribution in [2.24, 2.45) is 0 Å². The molecular formula is C19H15I3NO2+. The summed E-state index contributed by atoms with van der Waals surface area (Å²) in [7, 11) is 0. The number of esters is 1. The molecule has 25 heavy (non-hydrogen) atoms. The van der Waals surface area contributed by atoms with Crippen LogP contribution in [0.15, 0.2) is 54.6 Å². The lowest BCUT2D eigenvalue weighted by molar-refractivity contribution is -0.571. The van der Waals surface area contributed by atoms with Gasteiger partial charge in [-0.3, -0.25) is 0 Å². The maximum absolute atomic E-state index is 12.3. The molecule has 0 aliphatic carbocycles. The summed E-state index contributed by atoms with van der Waals surface area (Å²) < 4.78 is 8.52. The number of ether oxygens (including phenoxy) is 1. The monoisotopic (exact) mass is 670 g/mol. The van der Waals surface area contributed by atoms with Crippen LogP contribution in [0.1, 0.15) is 10.4 Å². The van der Waals surface area contributed by atoms with Crippen LogP contribution < -0.4 is 5.32 Å². The van der Waals surface area contributed by atoms with Crippen LogP contribution in [0.25, 0.3) is 10.8 Å². The third-order valence-electron chi connectivity index (χ3n) is 3.75. The van der Waals surface area contributed by atoms with Crippen molar-refractivity contribution < 1.29 is 14.8 Å². The number of hydrogen-bond acceptors (Lipinski definition) is 2. The number of carbonyl (C=O) groups excluding carboxylic acids is 1. The molecule has 0 fully saturated rings. The number of fused-ring (bicyclic) bond motifs is 1. The molecule has 0 saturated heterocycles. The number of quaternary nitrogens is 1. The van der Waals surface area contributed by atoms with Gasteiger partial charge >= 0.3 is 5.97 Å². The van der Waals surface area contributed by atoms with E-state index < -0.39 is 0 Å². The van der Waals surface area contributed by atoms with Crippen molar-refractivity contribution in [1.29, 1.82) is 0 Å². The molecule has 0 spiro atoms. The van der Waals surface area contributed by atoms with Gasteiger partial charge in [-0.2, -0.15) is 0 Å². The molecule has 2 N–H and O–H groups in total. The van der Waals surface area contributed by atoms with Crippen LogP contribution in [-0.4, -0.2) is 19.1 Å². The molecule has 3 rings (SSSR count). The predicted octanol–water partition coefficient (Wildman–Crippen LogP) is 4.71. The molecule has 0 amide bonds. The Morgan fingerprint density at radius 2 is 1.76 bits per heavy atom. The first-order chi connectivity index (χ1) is 12.1. The maximum Gasteiger partial charge on any atom is 0.339 e. The normalized spacial score (nSPS) is 10.8. The predicted molar refractivity (Wildman–Crippen MR) is 125 cm³/mol. The van der Waals surface area contributed by atoms with Crippen molar-refractivity contribution in [2.45, 2.75) is 0 Å². The third-order valence-corrected chi connectivity index (χ3v) is 7.42. The molecule has 6 heteroatoms. The molecule has 0 aliphatic heterocycles. The van der Waals surface area contributed by atoms with Gasteiger partial charge in [0.2, 0.25) is 0 Å². The zero-order valence-electron chi connectivity index (χ0n) is 13.1. The quantitative estimate of drug-likeness (QED) is 0.141. The van der Waals surface area contributed by atoms with Gasteiger partial charge in [0.25, 0.3) is 0 Å². The van der Waals surface area contributed by atoms with Gasteiger partial charge in [-0.15, -0.1) is 0 Å². The summed E-state index contributed by atoms with van der Waals surface area (Å²) in [6, 6.07) is 18.5. The zero-order chi connectivity index (χ0) is 17.8. The first kappa shape index (κ1) is 19.3. The molecule has 0 atom stereocenters. The smallest absolute Gasteiger partial charge is 0.339 e. The van der Waals surface area contributed by atoms with Gasteiger partial charge in [0.15, 0.2) is 0 Å². The summed E-state index contributed by atoms with van der Waals surface area (Å²) in [5, 5.41) is 4.56. The highest BCUT2D eigenvalue weighted by atomic mass is 127. The minimum Gasteiger partial charge on any atom is -0.456 e. The summed E-state index contributed by atoms with van der Waals surface area (Å²) in [4.78, 5) is 12.3. The Hall–Kier alpha value is -0.460. The van der Waals surface area contributed by atoms with Crippen LogP contribution in [0, 0.1) is 10.7 Å². The number of benzene rings is 3. The molecule has 0 aliphatic rings. The Bertz CT molecular complexity index is 922. The Labute approximate surface area is 187 Å². The van der Waals surface area contributed by atoms with Crippen LogP contribution >= 0.6 is 67.8 Å². The van der Waals surface area contributed by atoms with Gasteiger partial charge in [-0.05, 0) is 97.4 Å². The Balaban J connectivity index is 1.61. The number of carbonyl (C=O) groups is 1. The average Bonchev–Trinajstić information content (AvgIpc) is 2.61. The fourth-order valence-corrected chi connectivity index (χ4v) is 4.95. The molecule has 0 bridgehead atoms. The summed E-state index contributed by atoms with van der Waals surface area (Å²) in [5.41, 5.74) is 1.81. The van der Waals surface area contributed by atoms with Crippen LogP contribution in [-0.2, 0) is 4.74 Å². The minimum atomic E-state index is -0.257. The standard InChI is InChI=1S/C19H14I3NO2/c20-13-10-15(18(22)16(21)11-13)19(24)25-9-8-23-17-7-3-5-12-4-1-2-6-14(12)17/h1-7,10-11,23H,8-9H2/p+1. The summed E-state index contributed by atoms with van der Waals surface area (Å²) in [6.45, 7) is 1.07. The number of hydrogen-bond donors (Lipinski definition) is 1. The van der Waals surface area contributed by atoms with E-state index in [0.717, 1.165) is 10.7 Å². The molecule has 0 heterocycles. The third kappa shape index (κ3) is 4.83. The van der Waals surface area contributed by atoms with Crippen LogP contribution in [0.3, 0.4) is 0 Å². The van der Waals surface area contributed by atoms with Crippen LogP contribution in [0.5, 0.6) is 0 Å². The van der Waals surface area contributed by atoms with Crippen molar-refractivity contribution in [3.63, 3.8) is 0 Å². The van der Waals surface area contributed by atoms with Crippen molar-refractivity contribution in [2.75, 3.05) is 13.2 Å². The summed E-state index contributed by atoms with van der Waals surface area (Å²) in [6.07, 6.45) is 0. The number of rotatable bonds is 5. The van der Waals surface area contributed by atoms with E-state index in [1.54, 1.807) is 0 Å². The fourth-order valence-electron chi connectivity index (χ4n) is 2.58. The zero-order valence-corrected chi connectivity index (χ0v) is 19.6. The van der Waals surface area contributed by atoms with Gasteiger partial charge in [0.1, 0.15) is 18.8 Å². The Morgan fingerprint density at radius 1 is 1.00 bits per heavy atom. The first-order valence-corrected chi connectivity index (χ1v) is 10.9. The van der Waals surface area contributed by atoms with Gasteiger partial charge < -0.3 is 10.1 Å². The number of halogens is 3. The van der Waals surface area contributed by atoms with E-state index in [1.165, 1.54) is 16.5 Å². The van der Waals surface area contributed by atoms with E-state index in [9.17, 15) is 4.79 Å². The molecule has 0 unspecified atom stereocenters. The molecule has 3 aromatic carbocycles. The second kappa shape index (κ2) is 8.96. The summed E-state index contributed by atoms with van der Waals surface area (Å²) >= 11 is 6.66. The van der Waals surface area contributed by atoms with E-state index in [-0.39, 0.29) is 5.97 Å². The van der Waals surface area contributed by atoms with Crippen molar-refractivity contribution in [3.05, 3.63) is 70.9 Å². The highest BCUT2D eigenvalue weighted by Crippen LogP contribution is 2.23. The lowest BCUT2D eigenvalue weighted by Crippen LogP contribution is -2.79. The van der Waals surface area contributed by atoms with E-state index >= 15 is 0 Å². The van der Waals surface area contributed by atoms with Crippen molar-refractivity contribution >= 4 is 90.2 Å². The lowest BCUT2D eigenvalue weighted by Gasteiger charge is -2.09. The molecule has 3 aromatic rings. The molecule has 3 nitrogen and oxygen atoms in total. The Morgan fingerprint density at radius 3 is 2.60 bits per heavy atom. The van der Waals surface area contributed by atoms with E-state index in [0.29, 0.717) is 18.7 Å². The second-order valence-corrected chi connectivity index (χ2v) is 8.93. The van der Waals surface area contributed by atoms with Crippen molar-refractivity contribution in [3.8, 4) is 0 Å². The largest absolute Gasteiger partial charge is 0.456 e. The van der Waals surface area contributed by atoms with Gasteiger partial charge in [-0.1, -0.05) is 30.3 Å². The maximum atomic E-state index is 12.3. The van der Waals surface area contributed by atoms with Crippen molar-refractivity contribution in [1.82, 2.24) is 0 Å². The molecular weight excluding hydrogens is 655 g/mol. The van der Waals surface area contributed by atoms with E-state index in [4.69, 9.17) is 4.74 Å². The number of nitrogens with two attached hydrogens (primary N) is 1. The van der Waals surface area contributed by atoms with Gasteiger partial charge in [0, 0.05) is 16.1 Å². The SMILES string of the molecule is O=C(OCC[NH2+]c1cccc2ccccc12)c1cc(I)cc(I)c1I. The summed E-state index contributed by atoms with van der Waals surface area (Å²) in [5.74, 6) is -0.257. The topological polar surface area (TPSA) is 42.9 Å². The molecule has 0 saturated carbocycles. The average molecular weight is 670 g/mol. The fraction of sp³-hybridized carbons (Fsp3) is 0.105. The van der Waals surface area contributed by atoms with Gasteiger partial charge in [-0.25, -0.2) is 4.79 Å². The van der Waals surface area contributed by atoms with E-state index in [2.05, 4.69) is 103 Å². The minimum absolute atomic E-state index is 0.257. The molecule has 0 radical (unpaired) electrons. The first-order valence-electron chi connectivity index (χ1n) is 7.69. The van der Waals surface area contributed by atoms with Gasteiger partial charge in [0.05, 0.1) is 5.56 Å². The van der Waals surface area contributed by atoms with Crippen LogP contribution in [0.4, 0.5) is 5.69 Å². The highest BCUT2D eigenvalue weighted by molar-refractivity contribution is 14.1. The molecule has 128 valence electrons.